The molecule has 1 saturated heterocycles. The Morgan fingerprint density at radius 2 is 1.80 bits per heavy atom. The Bertz CT molecular complexity index is 1370. The van der Waals surface area contributed by atoms with Crippen molar-refractivity contribution >= 4 is 23.2 Å². The summed E-state index contributed by atoms with van der Waals surface area (Å²) in [6.07, 6.45) is 7.07. The summed E-state index contributed by atoms with van der Waals surface area (Å²) < 4.78 is 13.6. The zero-order chi connectivity index (χ0) is 28.1. The van der Waals surface area contributed by atoms with Crippen LogP contribution >= 0.6 is 11.6 Å². The highest BCUT2D eigenvalue weighted by Crippen LogP contribution is 2.41. The van der Waals surface area contributed by atoms with E-state index >= 15 is 0 Å². The van der Waals surface area contributed by atoms with Crippen molar-refractivity contribution in [1.29, 1.82) is 5.26 Å². The number of likely N-dealkylation sites (N-methyl/N-ethyl adjacent to an activating group) is 1. The van der Waals surface area contributed by atoms with Gasteiger partial charge in [0, 0.05) is 30.4 Å². The van der Waals surface area contributed by atoms with Gasteiger partial charge in [-0.2, -0.15) is 5.26 Å². The highest BCUT2D eigenvalue weighted by molar-refractivity contribution is 6.31. The van der Waals surface area contributed by atoms with Gasteiger partial charge in [-0.25, -0.2) is 4.39 Å². The largest absolute Gasteiger partial charge is 0.325 e. The Morgan fingerprint density at radius 3 is 2.45 bits per heavy atom. The average molecular weight is 559 g/mol. The van der Waals surface area contributed by atoms with Crippen LogP contribution in [0.2, 0.25) is 5.02 Å². The molecule has 1 amide bonds. The van der Waals surface area contributed by atoms with E-state index in [0.29, 0.717) is 23.8 Å². The van der Waals surface area contributed by atoms with E-state index in [1.54, 1.807) is 0 Å². The zero-order valence-electron chi connectivity index (χ0n) is 23.0. The number of carbonyl (C=O) groups is 1. The number of nitrogens with one attached hydrogen (secondary N) is 1. The second kappa shape index (κ2) is 12.5. The van der Waals surface area contributed by atoms with Crippen LogP contribution in [0.15, 0.2) is 66.7 Å². The molecule has 40 heavy (non-hydrogen) atoms. The fraction of sp³-hybridized carbons (Fsp3) is 0.394. The first kappa shape index (κ1) is 28.3. The van der Waals surface area contributed by atoms with E-state index < -0.39 is 5.82 Å². The molecule has 1 aliphatic heterocycles. The molecular formula is C33H36ClFN4O. The third-order valence-corrected chi connectivity index (χ3v) is 9.03. The number of nitrogens with zero attached hydrogens (tertiary/aromatic N) is 3. The summed E-state index contributed by atoms with van der Waals surface area (Å²) in [5.41, 5.74) is 4.13. The number of likely N-dealkylation sites (tertiary alicyclic amines) is 1. The number of hydrogen-bond donors (Lipinski definition) is 1. The second-order valence-electron chi connectivity index (χ2n) is 11.0. The lowest BCUT2D eigenvalue weighted by molar-refractivity contribution is -0.120. The van der Waals surface area contributed by atoms with Gasteiger partial charge in [-0.1, -0.05) is 67.8 Å². The fourth-order valence-electron chi connectivity index (χ4n) is 6.57. The van der Waals surface area contributed by atoms with E-state index in [1.807, 2.05) is 24.3 Å². The quantitative estimate of drug-likeness (QED) is 0.317. The normalized spacial score (nSPS) is 17.6. The first-order chi connectivity index (χ1) is 19.4. The second-order valence-corrected chi connectivity index (χ2v) is 11.4. The molecule has 3 aromatic rings. The van der Waals surface area contributed by atoms with E-state index in [9.17, 15) is 14.4 Å². The predicted molar refractivity (Wildman–Crippen MR) is 159 cm³/mol. The minimum atomic E-state index is -0.509. The molecule has 0 unspecified atom stereocenters. The summed E-state index contributed by atoms with van der Waals surface area (Å²) >= 11 is 5.94. The van der Waals surface area contributed by atoms with Crippen LogP contribution in [0.1, 0.15) is 56.6 Å². The molecule has 0 aromatic heterocycles. The van der Waals surface area contributed by atoms with Crippen LogP contribution in [-0.2, 0) is 10.3 Å². The Kier molecular flexibility index (Phi) is 8.85. The molecule has 1 saturated carbocycles. The molecule has 1 aliphatic carbocycles. The van der Waals surface area contributed by atoms with E-state index in [4.69, 9.17) is 11.6 Å². The summed E-state index contributed by atoms with van der Waals surface area (Å²) in [5, 5.41) is 12.2. The topological polar surface area (TPSA) is 59.4 Å². The molecular weight excluding hydrogens is 523 g/mol. The average Bonchev–Trinajstić information content (AvgIpc) is 3.53. The Morgan fingerprint density at radius 1 is 1.07 bits per heavy atom. The van der Waals surface area contributed by atoms with Gasteiger partial charge < -0.3 is 10.2 Å². The predicted octanol–water partition coefficient (Wildman–Crippen LogP) is 7.21. The van der Waals surface area contributed by atoms with Crippen LogP contribution in [-0.4, -0.2) is 47.9 Å². The number of hydrogen-bond acceptors (Lipinski definition) is 4. The minimum Gasteiger partial charge on any atom is -0.325 e. The molecule has 0 radical (unpaired) electrons. The maximum Gasteiger partial charge on any atom is 0.238 e. The van der Waals surface area contributed by atoms with E-state index in [1.165, 1.54) is 49.4 Å². The molecule has 2 aliphatic rings. The Hall–Kier alpha value is -3.24. The molecule has 208 valence electrons. The highest BCUT2D eigenvalue weighted by Gasteiger charge is 2.42. The van der Waals surface area contributed by atoms with Gasteiger partial charge in [-0.15, -0.1) is 0 Å². The number of amides is 1. The van der Waals surface area contributed by atoms with Gasteiger partial charge in [0.2, 0.25) is 5.91 Å². The van der Waals surface area contributed by atoms with Gasteiger partial charge in [0.05, 0.1) is 23.2 Å². The monoisotopic (exact) mass is 558 g/mol. The highest BCUT2D eigenvalue weighted by atomic mass is 35.5. The number of carbonyl (C=O) groups excluding carboxylic acids is 1. The maximum atomic E-state index is 13.6. The Balaban J connectivity index is 1.40. The lowest BCUT2D eigenvalue weighted by Gasteiger charge is -2.50. The van der Waals surface area contributed by atoms with Crippen molar-refractivity contribution in [3.05, 3.63) is 88.7 Å². The van der Waals surface area contributed by atoms with Crippen molar-refractivity contribution in [2.75, 3.05) is 31.5 Å². The van der Waals surface area contributed by atoms with Crippen LogP contribution < -0.4 is 5.32 Å². The molecule has 1 N–H and O–H groups in total. The van der Waals surface area contributed by atoms with Crippen LogP contribution in [0.25, 0.3) is 11.1 Å². The summed E-state index contributed by atoms with van der Waals surface area (Å²) in [6, 6.07) is 23.5. The molecule has 0 spiro atoms. The number of anilines is 1. The SMILES string of the molecule is CCN(CC(=O)Nc1ccc(F)c(Cl)c1)C1(c2ccc(-c3cccc(C#N)c3)cc2)CCN(C2CCCC2)CC1. The fourth-order valence-corrected chi connectivity index (χ4v) is 6.75. The Labute approximate surface area is 241 Å². The number of rotatable bonds is 8. The van der Waals surface area contributed by atoms with Crippen molar-refractivity contribution in [3.8, 4) is 17.2 Å². The first-order valence-corrected chi connectivity index (χ1v) is 14.6. The van der Waals surface area contributed by atoms with Crippen LogP contribution in [0.3, 0.4) is 0 Å². The summed E-state index contributed by atoms with van der Waals surface area (Å²) in [7, 11) is 0. The third kappa shape index (κ3) is 6.07. The number of nitriles is 1. The number of benzene rings is 3. The van der Waals surface area contributed by atoms with Gasteiger partial charge in [0.15, 0.2) is 0 Å². The lowest BCUT2D eigenvalue weighted by Crippen LogP contribution is -2.56. The first-order valence-electron chi connectivity index (χ1n) is 14.3. The zero-order valence-corrected chi connectivity index (χ0v) is 23.8. The molecule has 0 atom stereocenters. The van der Waals surface area contributed by atoms with Gasteiger partial charge in [0.1, 0.15) is 5.82 Å². The van der Waals surface area contributed by atoms with Crippen LogP contribution in [0.4, 0.5) is 10.1 Å². The van der Waals surface area contributed by atoms with Crippen molar-refractivity contribution < 1.29 is 9.18 Å². The standard InChI is InChI=1S/C33H36ClFN4O/c1-2-39(23-32(40)37-28-14-15-31(35)30(34)21-28)33(16-18-38(19-17-33)29-8-3-4-9-29)27-12-10-25(11-13-27)26-7-5-6-24(20-26)22-36/h5-7,10-15,20-21,29H,2-4,8-9,16-19,23H2,1H3,(H,37,40). The van der Waals surface area contributed by atoms with Crippen LogP contribution in [0.5, 0.6) is 0 Å². The molecule has 5 nitrogen and oxygen atoms in total. The molecule has 0 bridgehead atoms. The van der Waals surface area contributed by atoms with E-state index in [-0.39, 0.29) is 23.0 Å². The molecule has 1 heterocycles. The van der Waals surface area contributed by atoms with Gasteiger partial charge in [0.25, 0.3) is 0 Å². The lowest BCUT2D eigenvalue weighted by atomic mass is 9.78. The van der Waals surface area contributed by atoms with Crippen molar-refractivity contribution in [3.63, 3.8) is 0 Å². The number of piperidine rings is 1. The van der Waals surface area contributed by atoms with Gasteiger partial charge in [-0.05, 0) is 79.3 Å². The summed E-state index contributed by atoms with van der Waals surface area (Å²) in [4.78, 5) is 18.2. The van der Waals surface area contributed by atoms with E-state index in [2.05, 4.69) is 52.4 Å². The number of halogens is 2. The molecule has 5 rings (SSSR count). The summed E-state index contributed by atoms with van der Waals surface area (Å²) in [6.45, 7) is 5.05. The van der Waals surface area contributed by atoms with Gasteiger partial charge in [-0.3, -0.25) is 9.69 Å². The minimum absolute atomic E-state index is 0.0127. The van der Waals surface area contributed by atoms with Crippen molar-refractivity contribution in [2.45, 2.75) is 57.0 Å². The molecule has 7 heteroatoms. The third-order valence-electron chi connectivity index (χ3n) is 8.74. The maximum absolute atomic E-state index is 13.6. The van der Waals surface area contributed by atoms with E-state index in [0.717, 1.165) is 37.1 Å². The molecule has 3 aromatic carbocycles. The smallest absolute Gasteiger partial charge is 0.238 e. The summed E-state index contributed by atoms with van der Waals surface area (Å²) in [5.74, 6) is -0.655. The van der Waals surface area contributed by atoms with Crippen LogP contribution in [0, 0.1) is 17.1 Å². The van der Waals surface area contributed by atoms with Crippen molar-refractivity contribution in [1.82, 2.24) is 9.80 Å². The van der Waals surface area contributed by atoms with Crippen molar-refractivity contribution in [2.24, 2.45) is 0 Å². The van der Waals surface area contributed by atoms with Gasteiger partial charge >= 0.3 is 0 Å². The molecule has 2 fully saturated rings.